The van der Waals surface area contributed by atoms with Gasteiger partial charge in [0.2, 0.25) is 0 Å². The lowest BCUT2D eigenvalue weighted by molar-refractivity contribution is -0.140. The molecule has 1 rings (SSSR count). The SMILES string of the molecule is C=CCOc1cccnc1C(=O)NCC(C)C(=O)O. The maximum atomic E-state index is 11.9. The molecule has 1 aromatic rings. The van der Waals surface area contributed by atoms with Gasteiger partial charge in [-0.25, -0.2) is 4.98 Å². The van der Waals surface area contributed by atoms with Crippen molar-refractivity contribution >= 4 is 11.9 Å². The Hall–Kier alpha value is -2.37. The number of hydrogen-bond donors (Lipinski definition) is 2. The van der Waals surface area contributed by atoms with Gasteiger partial charge >= 0.3 is 5.97 Å². The maximum Gasteiger partial charge on any atom is 0.308 e. The molecular formula is C13H16N2O4. The lowest BCUT2D eigenvalue weighted by atomic mass is 10.2. The quantitative estimate of drug-likeness (QED) is 0.720. The molecule has 0 aromatic carbocycles. The summed E-state index contributed by atoms with van der Waals surface area (Å²) in [6, 6.07) is 3.26. The molecule has 1 unspecified atom stereocenters. The van der Waals surface area contributed by atoms with E-state index in [0.717, 1.165) is 0 Å². The fourth-order valence-corrected chi connectivity index (χ4v) is 1.24. The third-order valence-electron chi connectivity index (χ3n) is 2.33. The Balaban J connectivity index is 2.70. The van der Waals surface area contributed by atoms with Crippen LogP contribution in [0.25, 0.3) is 0 Å². The van der Waals surface area contributed by atoms with E-state index in [-0.39, 0.29) is 18.8 Å². The van der Waals surface area contributed by atoms with E-state index < -0.39 is 17.8 Å². The van der Waals surface area contributed by atoms with Gasteiger partial charge in [-0.15, -0.1) is 0 Å². The second-order valence-corrected chi connectivity index (χ2v) is 3.90. The monoisotopic (exact) mass is 264 g/mol. The second kappa shape index (κ2) is 7.15. The van der Waals surface area contributed by atoms with Crippen molar-refractivity contribution in [2.24, 2.45) is 5.92 Å². The van der Waals surface area contributed by atoms with Crippen LogP contribution in [0.2, 0.25) is 0 Å². The topological polar surface area (TPSA) is 88.5 Å². The molecule has 0 radical (unpaired) electrons. The molecular weight excluding hydrogens is 248 g/mol. The minimum absolute atomic E-state index is 0.0334. The van der Waals surface area contributed by atoms with E-state index in [9.17, 15) is 9.59 Å². The molecule has 0 fully saturated rings. The number of aliphatic carboxylic acids is 1. The highest BCUT2D eigenvalue weighted by Crippen LogP contribution is 2.15. The van der Waals surface area contributed by atoms with Gasteiger partial charge in [0.05, 0.1) is 5.92 Å². The number of nitrogens with zero attached hydrogens (tertiary/aromatic N) is 1. The van der Waals surface area contributed by atoms with Crippen LogP contribution < -0.4 is 10.1 Å². The molecule has 102 valence electrons. The molecule has 0 aliphatic rings. The van der Waals surface area contributed by atoms with Crippen LogP contribution in [0.1, 0.15) is 17.4 Å². The van der Waals surface area contributed by atoms with Gasteiger partial charge in [-0.3, -0.25) is 9.59 Å². The Morgan fingerprint density at radius 1 is 1.63 bits per heavy atom. The average molecular weight is 264 g/mol. The van der Waals surface area contributed by atoms with Crippen LogP contribution in [0.15, 0.2) is 31.0 Å². The largest absolute Gasteiger partial charge is 0.487 e. The summed E-state index contributed by atoms with van der Waals surface area (Å²) in [5, 5.41) is 11.2. The Morgan fingerprint density at radius 3 is 3.00 bits per heavy atom. The molecule has 0 aliphatic carbocycles. The Morgan fingerprint density at radius 2 is 2.37 bits per heavy atom. The van der Waals surface area contributed by atoms with Crippen molar-refractivity contribution in [3.8, 4) is 5.75 Å². The summed E-state index contributed by atoms with van der Waals surface area (Å²) in [7, 11) is 0. The minimum atomic E-state index is -0.968. The van der Waals surface area contributed by atoms with Crippen molar-refractivity contribution in [3.05, 3.63) is 36.7 Å². The van der Waals surface area contributed by atoms with Gasteiger partial charge in [-0.1, -0.05) is 19.6 Å². The highest BCUT2D eigenvalue weighted by molar-refractivity contribution is 5.95. The first-order valence-electron chi connectivity index (χ1n) is 5.76. The van der Waals surface area contributed by atoms with Gasteiger partial charge in [-0.2, -0.15) is 0 Å². The number of amides is 1. The number of hydrogen-bond acceptors (Lipinski definition) is 4. The number of carboxylic acids is 1. The van der Waals surface area contributed by atoms with Crippen molar-refractivity contribution in [3.63, 3.8) is 0 Å². The normalized spacial score (nSPS) is 11.4. The molecule has 0 aliphatic heterocycles. The summed E-state index contributed by atoms with van der Waals surface area (Å²) < 4.78 is 5.30. The predicted octanol–water partition coefficient (Wildman–Crippen LogP) is 1.10. The van der Waals surface area contributed by atoms with Gasteiger partial charge in [0.15, 0.2) is 11.4 Å². The molecule has 0 saturated heterocycles. The highest BCUT2D eigenvalue weighted by Gasteiger charge is 2.16. The Kier molecular flexibility index (Phi) is 5.53. The van der Waals surface area contributed by atoms with E-state index in [4.69, 9.17) is 9.84 Å². The zero-order chi connectivity index (χ0) is 14.3. The van der Waals surface area contributed by atoms with Gasteiger partial charge in [0, 0.05) is 12.7 Å². The van der Waals surface area contributed by atoms with Crippen molar-refractivity contribution < 1.29 is 19.4 Å². The average Bonchev–Trinajstić information content (AvgIpc) is 2.42. The molecule has 19 heavy (non-hydrogen) atoms. The molecule has 0 saturated carbocycles. The Labute approximate surface area is 111 Å². The lowest BCUT2D eigenvalue weighted by Gasteiger charge is -2.11. The van der Waals surface area contributed by atoms with E-state index in [1.807, 2.05) is 0 Å². The molecule has 6 nitrogen and oxygen atoms in total. The van der Waals surface area contributed by atoms with Crippen LogP contribution in [0.3, 0.4) is 0 Å². The van der Waals surface area contributed by atoms with Crippen LogP contribution in [-0.4, -0.2) is 35.1 Å². The summed E-state index contributed by atoms with van der Waals surface area (Å²) in [5.74, 6) is -1.76. The molecule has 0 spiro atoms. The summed E-state index contributed by atoms with van der Waals surface area (Å²) in [5.41, 5.74) is 0.127. The molecule has 1 aromatic heterocycles. The van der Waals surface area contributed by atoms with E-state index in [1.54, 1.807) is 18.2 Å². The molecule has 0 bridgehead atoms. The number of pyridine rings is 1. The number of aromatic nitrogens is 1. The minimum Gasteiger partial charge on any atom is -0.487 e. The third-order valence-corrected chi connectivity index (χ3v) is 2.33. The zero-order valence-electron chi connectivity index (χ0n) is 10.6. The van der Waals surface area contributed by atoms with E-state index in [2.05, 4.69) is 16.9 Å². The van der Waals surface area contributed by atoms with Crippen LogP contribution in [0, 0.1) is 5.92 Å². The van der Waals surface area contributed by atoms with Gasteiger partial charge in [0.25, 0.3) is 5.91 Å². The molecule has 1 heterocycles. The highest BCUT2D eigenvalue weighted by atomic mass is 16.5. The van der Waals surface area contributed by atoms with Crippen molar-refractivity contribution in [2.45, 2.75) is 6.92 Å². The van der Waals surface area contributed by atoms with Crippen molar-refractivity contribution in [1.82, 2.24) is 10.3 Å². The van der Waals surface area contributed by atoms with Crippen LogP contribution >= 0.6 is 0 Å². The standard InChI is InChI=1S/C13H16N2O4/c1-3-7-19-10-5-4-6-14-11(10)12(16)15-8-9(2)13(17)18/h3-6,9H,1,7-8H2,2H3,(H,15,16)(H,17,18). The summed E-state index contributed by atoms with van der Waals surface area (Å²) in [6.07, 6.45) is 3.03. The van der Waals surface area contributed by atoms with E-state index in [1.165, 1.54) is 13.1 Å². The molecule has 2 N–H and O–H groups in total. The Bertz CT molecular complexity index is 473. The van der Waals surface area contributed by atoms with Crippen molar-refractivity contribution in [2.75, 3.05) is 13.2 Å². The van der Waals surface area contributed by atoms with E-state index >= 15 is 0 Å². The first-order valence-corrected chi connectivity index (χ1v) is 5.76. The number of ether oxygens (including phenoxy) is 1. The second-order valence-electron chi connectivity index (χ2n) is 3.90. The first kappa shape index (κ1) is 14.7. The summed E-state index contributed by atoms with van der Waals surface area (Å²) >= 11 is 0. The van der Waals surface area contributed by atoms with Gasteiger partial charge in [-0.05, 0) is 12.1 Å². The first-order chi connectivity index (χ1) is 9.06. The molecule has 6 heteroatoms. The predicted molar refractivity (Wildman–Crippen MR) is 69.1 cm³/mol. The fraction of sp³-hybridized carbons (Fsp3) is 0.308. The maximum absolute atomic E-state index is 11.9. The van der Waals surface area contributed by atoms with Crippen molar-refractivity contribution in [1.29, 1.82) is 0 Å². The number of carboxylic acid groups (broad SMARTS) is 1. The summed E-state index contributed by atoms with van der Waals surface area (Å²) in [6.45, 7) is 5.32. The van der Waals surface area contributed by atoms with E-state index in [0.29, 0.717) is 5.75 Å². The fourth-order valence-electron chi connectivity index (χ4n) is 1.24. The van der Waals surface area contributed by atoms with Crippen LogP contribution in [0.4, 0.5) is 0 Å². The number of rotatable bonds is 7. The third kappa shape index (κ3) is 4.42. The summed E-state index contributed by atoms with van der Waals surface area (Å²) in [4.78, 5) is 26.5. The van der Waals surface area contributed by atoms with Crippen LogP contribution in [0.5, 0.6) is 5.75 Å². The number of carbonyl (C=O) groups excluding carboxylic acids is 1. The van der Waals surface area contributed by atoms with Gasteiger partial charge < -0.3 is 15.2 Å². The smallest absolute Gasteiger partial charge is 0.308 e. The number of carbonyl (C=O) groups is 2. The molecule has 1 atom stereocenters. The van der Waals surface area contributed by atoms with Gasteiger partial charge in [0.1, 0.15) is 6.61 Å². The molecule has 1 amide bonds. The van der Waals surface area contributed by atoms with Crippen LogP contribution in [-0.2, 0) is 4.79 Å². The number of nitrogens with one attached hydrogen (secondary N) is 1. The zero-order valence-corrected chi connectivity index (χ0v) is 10.6. The lowest BCUT2D eigenvalue weighted by Crippen LogP contribution is -2.32.